The second-order valence-electron chi connectivity index (χ2n) is 7.62. The minimum absolute atomic E-state index is 0.0540. The molecule has 1 fully saturated rings. The summed E-state index contributed by atoms with van der Waals surface area (Å²) in [6.07, 6.45) is 5.37. The third-order valence-corrected chi connectivity index (χ3v) is 5.95. The maximum Gasteiger partial charge on any atom is 0.333 e. The van der Waals surface area contributed by atoms with E-state index in [0.29, 0.717) is 24.0 Å². The molecule has 168 valence electrons. The van der Waals surface area contributed by atoms with Crippen molar-refractivity contribution in [1.82, 2.24) is 4.90 Å². The standard InChI is InChI=1S/C10H16N4O2.C9H12N4O2/c1-3-6-4-7(10(15)16-2)5-8(9(6)11)13-14-12;1-13-7-4-5(9(14)15-2)3-6(8(7)13)11-12-10/h4,6,8-9H,3,5,11H2,1-2H3;4,6-8H,3H2,1-2H3/t6-,8?,9?;/m1./s1. The zero-order chi connectivity index (χ0) is 23.1. The van der Waals surface area contributed by atoms with Gasteiger partial charge in [0, 0.05) is 39.1 Å². The van der Waals surface area contributed by atoms with E-state index in [4.69, 9.17) is 16.8 Å². The third-order valence-electron chi connectivity index (χ3n) is 5.95. The Labute approximate surface area is 180 Å². The SMILES string of the molecule is CC[C@@H]1C=C(C(=O)OC)CC(N=[N+]=[N-])C1N.COC(=O)C1=CC2C(C(N=[N+]=[N-])C1)N2C. The van der Waals surface area contributed by atoms with Crippen LogP contribution in [0.1, 0.15) is 26.2 Å². The Morgan fingerprint density at radius 1 is 1.10 bits per heavy atom. The first-order valence-electron chi connectivity index (χ1n) is 9.96. The molecule has 3 aliphatic rings. The fourth-order valence-electron chi connectivity index (χ4n) is 4.12. The second-order valence-corrected chi connectivity index (χ2v) is 7.62. The van der Waals surface area contributed by atoms with Gasteiger partial charge in [0.15, 0.2) is 0 Å². The minimum Gasteiger partial charge on any atom is -0.466 e. The molecule has 6 unspecified atom stereocenters. The van der Waals surface area contributed by atoms with Gasteiger partial charge in [0.25, 0.3) is 0 Å². The van der Waals surface area contributed by atoms with Crippen molar-refractivity contribution >= 4 is 11.9 Å². The number of hydrogen-bond acceptors (Lipinski definition) is 8. The monoisotopic (exact) mass is 432 g/mol. The quantitative estimate of drug-likeness (QED) is 0.229. The highest BCUT2D eigenvalue weighted by Crippen LogP contribution is 2.39. The van der Waals surface area contributed by atoms with Crippen molar-refractivity contribution in [3.63, 3.8) is 0 Å². The van der Waals surface area contributed by atoms with Crippen LogP contribution in [0.3, 0.4) is 0 Å². The van der Waals surface area contributed by atoms with Gasteiger partial charge in [-0.05, 0) is 43.3 Å². The number of hydrogen-bond donors (Lipinski definition) is 1. The molecule has 3 rings (SSSR count). The predicted octanol–water partition coefficient (Wildman–Crippen LogP) is 2.37. The van der Waals surface area contributed by atoms with Crippen molar-refractivity contribution in [2.75, 3.05) is 21.3 Å². The third kappa shape index (κ3) is 5.56. The maximum atomic E-state index is 11.4. The molecule has 0 aromatic carbocycles. The lowest BCUT2D eigenvalue weighted by Gasteiger charge is -2.30. The lowest BCUT2D eigenvalue weighted by Crippen LogP contribution is -2.43. The molecule has 1 saturated heterocycles. The molecule has 0 radical (unpaired) electrons. The van der Waals surface area contributed by atoms with Crippen LogP contribution in [0, 0.1) is 5.92 Å². The molecule has 7 atom stereocenters. The van der Waals surface area contributed by atoms with Gasteiger partial charge in [-0.3, -0.25) is 4.90 Å². The molecule has 0 amide bonds. The molecule has 31 heavy (non-hydrogen) atoms. The van der Waals surface area contributed by atoms with E-state index in [1.165, 1.54) is 14.2 Å². The average Bonchev–Trinajstić information content (AvgIpc) is 3.44. The van der Waals surface area contributed by atoms with Crippen LogP contribution < -0.4 is 5.73 Å². The van der Waals surface area contributed by atoms with E-state index >= 15 is 0 Å². The van der Waals surface area contributed by atoms with E-state index < -0.39 is 0 Å². The van der Waals surface area contributed by atoms with Gasteiger partial charge in [-0.2, -0.15) is 0 Å². The Balaban J connectivity index is 0.000000220. The molecule has 12 heteroatoms. The number of azide groups is 2. The lowest BCUT2D eigenvalue weighted by molar-refractivity contribution is -0.137. The van der Waals surface area contributed by atoms with Gasteiger partial charge in [0.1, 0.15) is 0 Å². The van der Waals surface area contributed by atoms with E-state index in [-0.39, 0.29) is 48.1 Å². The smallest absolute Gasteiger partial charge is 0.333 e. The number of rotatable bonds is 5. The number of carbonyl (C=O) groups excluding carboxylic acids is 2. The van der Waals surface area contributed by atoms with Gasteiger partial charge in [-0.15, -0.1) is 0 Å². The summed E-state index contributed by atoms with van der Waals surface area (Å²) >= 11 is 0. The fraction of sp³-hybridized carbons (Fsp3) is 0.684. The first-order chi connectivity index (χ1) is 14.8. The molecule has 0 aromatic rings. The van der Waals surface area contributed by atoms with E-state index in [9.17, 15) is 9.59 Å². The van der Waals surface area contributed by atoms with Crippen LogP contribution >= 0.6 is 0 Å². The molecule has 1 aliphatic heterocycles. The van der Waals surface area contributed by atoms with Gasteiger partial charge in [-0.25, -0.2) is 9.59 Å². The van der Waals surface area contributed by atoms with Crippen LogP contribution in [-0.2, 0) is 19.1 Å². The average molecular weight is 432 g/mol. The van der Waals surface area contributed by atoms with Crippen molar-refractivity contribution in [1.29, 1.82) is 0 Å². The van der Waals surface area contributed by atoms with Crippen molar-refractivity contribution in [2.45, 2.75) is 56.4 Å². The molecule has 0 spiro atoms. The summed E-state index contributed by atoms with van der Waals surface area (Å²) in [7, 11) is 4.64. The van der Waals surface area contributed by atoms with Crippen molar-refractivity contribution in [3.8, 4) is 0 Å². The molecule has 1 heterocycles. The highest BCUT2D eigenvalue weighted by Gasteiger charge is 2.51. The molecule has 2 N–H and O–H groups in total. The number of esters is 2. The molecule has 0 saturated carbocycles. The summed E-state index contributed by atoms with van der Waals surface area (Å²) in [6, 6.07) is -0.259. The summed E-state index contributed by atoms with van der Waals surface area (Å²) in [4.78, 5) is 30.4. The molecular formula is C19H28N8O4. The number of ether oxygens (including phenoxy) is 2. The van der Waals surface area contributed by atoms with Crippen LogP contribution in [0.25, 0.3) is 20.9 Å². The lowest BCUT2D eigenvalue weighted by atomic mass is 9.82. The number of fused-ring (bicyclic) bond motifs is 1. The zero-order valence-electron chi connectivity index (χ0n) is 18.1. The molecule has 0 aromatic heterocycles. The van der Waals surface area contributed by atoms with Crippen LogP contribution in [0.15, 0.2) is 33.5 Å². The number of carbonyl (C=O) groups is 2. The van der Waals surface area contributed by atoms with Gasteiger partial charge in [-0.1, -0.05) is 29.3 Å². The van der Waals surface area contributed by atoms with E-state index in [1.807, 2.05) is 26.1 Å². The summed E-state index contributed by atoms with van der Waals surface area (Å²) < 4.78 is 9.32. The van der Waals surface area contributed by atoms with Crippen LogP contribution in [0.2, 0.25) is 0 Å². The highest BCUT2D eigenvalue weighted by molar-refractivity contribution is 5.89. The van der Waals surface area contributed by atoms with Crippen LogP contribution in [-0.4, -0.2) is 68.3 Å². The van der Waals surface area contributed by atoms with E-state index in [2.05, 4.69) is 34.4 Å². The Bertz CT molecular complexity index is 859. The summed E-state index contributed by atoms with van der Waals surface area (Å²) in [5.41, 5.74) is 24.0. The Kier molecular flexibility index (Phi) is 8.47. The molecule has 2 aliphatic carbocycles. The highest BCUT2D eigenvalue weighted by atomic mass is 16.5. The summed E-state index contributed by atoms with van der Waals surface area (Å²) in [5.74, 6) is -0.645. The van der Waals surface area contributed by atoms with Crippen molar-refractivity contribution < 1.29 is 19.1 Å². The van der Waals surface area contributed by atoms with Gasteiger partial charge < -0.3 is 15.2 Å². The summed E-state index contributed by atoms with van der Waals surface area (Å²) in [6.45, 7) is 1.98. The van der Waals surface area contributed by atoms with Crippen LogP contribution in [0.4, 0.5) is 0 Å². The Morgan fingerprint density at radius 2 is 1.61 bits per heavy atom. The van der Waals surface area contributed by atoms with E-state index in [1.54, 1.807) is 0 Å². The first-order valence-corrected chi connectivity index (χ1v) is 9.96. The Hall–Kier alpha value is -3.04. The number of nitrogens with two attached hydrogens (primary N) is 1. The maximum absolute atomic E-state index is 11.4. The second kappa shape index (κ2) is 10.8. The van der Waals surface area contributed by atoms with Gasteiger partial charge >= 0.3 is 11.9 Å². The number of nitrogens with zero attached hydrogens (tertiary/aromatic N) is 7. The van der Waals surface area contributed by atoms with Crippen molar-refractivity contribution in [3.05, 3.63) is 44.2 Å². The minimum atomic E-state index is -0.372. The van der Waals surface area contributed by atoms with Gasteiger partial charge in [0.05, 0.1) is 26.3 Å². The Morgan fingerprint density at radius 3 is 2.13 bits per heavy atom. The number of likely N-dealkylation sites (N-methyl/N-ethyl adjacent to an activating group) is 1. The predicted molar refractivity (Wildman–Crippen MR) is 112 cm³/mol. The number of methoxy groups -OCH3 is 2. The summed E-state index contributed by atoms with van der Waals surface area (Å²) in [5, 5.41) is 7.35. The van der Waals surface area contributed by atoms with Gasteiger partial charge in [0.2, 0.25) is 0 Å². The molecular weight excluding hydrogens is 404 g/mol. The normalized spacial score (nSPS) is 32.9. The largest absolute Gasteiger partial charge is 0.466 e. The molecule has 12 nitrogen and oxygen atoms in total. The first kappa shape index (κ1) is 24.2. The zero-order valence-corrected chi connectivity index (χ0v) is 18.1. The fourth-order valence-corrected chi connectivity index (χ4v) is 4.12. The molecule has 0 bridgehead atoms. The van der Waals surface area contributed by atoms with Crippen LogP contribution in [0.5, 0.6) is 0 Å². The van der Waals surface area contributed by atoms with E-state index in [0.717, 1.165) is 6.42 Å². The topological polar surface area (TPSA) is 179 Å². The van der Waals surface area contributed by atoms with Crippen molar-refractivity contribution in [2.24, 2.45) is 21.9 Å².